The Balaban J connectivity index is 1.97. The monoisotopic (exact) mass is 340 g/mol. The van der Waals surface area contributed by atoms with Crippen molar-refractivity contribution in [3.63, 3.8) is 0 Å². The molecule has 24 heavy (non-hydrogen) atoms. The first-order chi connectivity index (χ1) is 11.4. The number of aromatic nitrogens is 1. The summed E-state index contributed by atoms with van der Waals surface area (Å²) in [5.41, 5.74) is 4.35. The van der Waals surface area contributed by atoms with Crippen LogP contribution in [0, 0.1) is 19.8 Å². The molecule has 3 aromatic rings. The van der Waals surface area contributed by atoms with Gasteiger partial charge in [0.25, 0.3) is 5.91 Å². The Morgan fingerprint density at radius 1 is 1.17 bits per heavy atom. The van der Waals surface area contributed by atoms with Gasteiger partial charge in [-0.15, -0.1) is 11.3 Å². The van der Waals surface area contributed by atoms with Crippen LogP contribution in [-0.4, -0.2) is 17.0 Å². The summed E-state index contributed by atoms with van der Waals surface area (Å²) in [4.78, 5) is 13.9. The molecular formula is C20H24N2OS. The maximum absolute atomic E-state index is 12.6. The number of hydrogen-bond donors (Lipinski definition) is 1. The SMILES string of the molecule is Cc1ccc(Cn2c(C(=O)NCC(C)C)cc3sc(C)cc32)cc1. The number of amides is 1. The van der Waals surface area contributed by atoms with Gasteiger partial charge in [-0.3, -0.25) is 4.79 Å². The lowest BCUT2D eigenvalue weighted by atomic mass is 10.1. The number of benzene rings is 1. The van der Waals surface area contributed by atoms with Crippen molar-refractivity contribution < 1.29 is 4.79 Å². The quantitative estimate of drug-likeness (QED) is 0.714. The fraction of sp³-hybridized carbons (Fsp3) is 0.350. The lowest BCUT2D eigenvalue weighted by molar-refractivity contribution is 0.0940. The van der Waals surface area contributed by atoms with Crippen LogP contribution in [0.15, 0.2) is 36.4 Å². The summed E-state index contributed by atoms with van der Waals surface area (Å²) in [5.74, 6) is 0.453. The van der Waals surface area contributed by atoms with Crippen LogP contribution < -0.4 is 5.32 Å². The van der Waals surface area contributed by atoms with Gasteiger partial charge in [-0.25, -0.2) is 0 Å². The van der Waals surface area contributed by atoms with Crippen LogP contribution in [0.1, 0.15) is 40.3 Å². The molecule has 3 rings (SSSR count). The molecule has 1 N–H and O–H groups in total. The molecule has 2 aromatic heterocycles. The molecule has 0 radical (unpaired) electrons. The van der Waals surface area contributed by atoms with E-state index < -0.39 is 0 Å². The largest absolute Gasteiger partial charge is 0.351 e. The Labute approximate surface area is 147 Å². The van der Waals surface area contributed by atoms with E-state index in [4.69, 9.17) is 0 Å². The molecule has 126 valence electrons. The summed E-state index contributed by atoms with van der Waals surface area (Å²) < 4.78 is 3.31. The smallest absolute Gasteiger partial charge is 0.267 e. The zero-order valence-electron chi connectivity index (χ0n) is 14.7. The van der Waals surface area contributed by atoms with Gasteiger partial charge in [0.2, 0.25) is 0 Å². The van der Waals surface area contributed by atoms with Crippen molar-refractivity contribution >= 4 is 27.5 Å². The van der Waals surface area contributed by atoms with Crippen LogP contribution in [0.3, 0.4) is 0 Å². The van der Waals surface area contributed by atoms with Crippen LogP contribution in [0.5, 0.6) is 0 Å². The summed E-state index contributed by atoms with van der Waals surface area (Å²) in [5, 5.41) is 3.04. The molecule has 0 bridgehead atoms. The highest BCUT2D eigenvalue weighted by Crippen LogP contribution is 2.29. The second kappa shape index (κ2) is 6.81. The molecule has 4 heteroatoms. The number of thiophene rings is 1. The van der Waals surface area contributed by atoms with Crippen molar-refractivity contribution in [2.45, 2.75) is 34.2 Å². The highest BCUT2D eigenvalue weighted by atomic mass is 32.1. The van der Waals surface area contributed by atoms with Crippen molar-refractivity contribution in [1.29, 1.82) is 0 Å². The van der Waals surface area contributed by atoms with Gasteiger partial charge in [-0.05, 0) is 37.5 Å². The van der Waals surface area contributed by atoms with Gasteiger partial charge >= 0.3 is 0 Å². The standard InChI is InChI=1S/C20H24N2OS/c1-13(2)11-21-20(23)18-10-19-17(9-15(4)24-19)22(18)12-16-7-5-14(3)6-8-16/h5-10,13H,11-12H2,1-4H3,(H,21,23). The Morgan fingerprint density at radius 3 is 2.54 bits per heavy atom. The first-order valence-corrected chi connectivity index (χ1v) is 9.19. The Bertz CT molecular complexity index is 856. The molecule has 0 saturated heterocycles. The fourth-order valence-corrected chi connectivity index (χ4v) is 3.75. The summed E-state index contributed by atoms with van der Waals surface area (Å²) in [6, 6.07) is 12.7. The molecule has 1 amide bonds. The van der Waals surface area contributed by atoms with Gasteiger partial charge in [-0.2, -0.15) is 0 Å². The van der Waals surface area contributed by atoms with Crippen LogP contribution in [0.2, 0.25) is 0 Å². The number of carbonyl (C=O) groups excluding carboxylic acids is 1. The lowest BCUT2D eigenvalue weighted by Gasteiger charge is -2.12. The molecule has 0 spiro atoms. The molecule has 0 aliphatic rings. The van der Waals surface area contributed by atoms with Crippen LogP contribution in [0.25, 0.3) is 10.2 Å². The summed E-state index contributed by atoms with van der Waals surface area (Å²) >= 11 is 1.74. The van der Waals surface area contributed by atoms with Crippen molar-refractivity contribution in [3.8, 4) is 0 Å². The van der Waals surface area contributed by atoms with Gasteiger partial charge in [-0.1, -0.05) is 43.7 Å². The van der Waals surface area contributed by atoms with E-state index in [1.807, 2.05) is 6.07 Å². The van der Waals surface area contributed by atoms with E-state index in [0.717, 1.165) is 11.2 Å². The molecule has 0 atom stereocenters. The zero-order chi connectivity index (χ0) is 17.3. The van der Waals surface area contributed by atoms with Crippen molar-refractivity contribution in [3.05, 3.63) is 58.1 Å². The molecule has 1 aromatic carbocycles. The summed E-state index contributed by atoms with van der Waals surface area (Å²) in [6.45, 7) is 9.82. The second-order valence-electron chi connectivity index (χ2n) is 6.81. The third-order valence-corrected chi connectivity index (χ3v) is 5.06. The number of hydrogen-bond acceptors (Lipinski definition) is 2. The Hall–Kier alpha value is -2.07. The highest BCUT2D eigenvalue weighted by Gasteiger charge is 2.17. The maximum Gasteiger partial charge on any atom is 0.267 e. The maximum atomic E-state index is 12.6. The molecule has 0 aliphatic carbocycles. The van der Waals surface area contributed by atoms with Crippen LogP contribution >= 0.6 is 11.3 Å². The van der Waals surface area contributed by atoms with E-state index in [1.165, 1.54) is 20.7 Å². The molecule has 0 unspecified atom stereocenters. The van der Waals surface area contributed by atoms with E-state index in [0.29, 0.717) is 19.0 Å². The molecular weight excluding hydrogens is 316 g/mol. The Morgan fingerprint density at radius 2 is 1.88 bits per heavy atom. The summed E-state index contributed by atoms with van der Waals surface area (Å²) in [6.07, 6.45) is 0. The number of nitrogens with zero attached hydrogens (tertiary/aromatic N) is 1. The average Bonchev–Trinajstić information content (AvgIpc) is 3.04. The third kappa shape index (κ3) is 3.54. The average molecular weight is 340 g/mol. The Kier molecular flexibility index (Phi) is 4.76. The molecule has 0 fully saturated rings. The van der Waals surface area contributed by atoms with Gasteiger partial charge in [0.1, 0.15) is 5.69 Å². The van der Waals surface area contributed by atoms with E-state index in [-0.39, 0.29) is 5.91 Å². The highest BCUT2D eigenvalue weighted by molar-refractivity contribution is 7.19. The van der Waals surface area contributed by atoms with Crippen molar-refractivity contribution in [2.75, 3.05) is 6.54 Å². The van der Waals surface area contributed by atoms with Crippen LogP contribution in [0.4, 0.5) is 0 Å². The summed E-state index contributed by atoms with van der Waals surface area (Å²) in [7, 11) is 0. The second-order valence-corrected chi connectivity index (χ2v) is 8.10. The van der Waals surface area contributed by atoms with E-state index in [2.05, 4.69) is 67.9 Å². The predicted octanol–water partition coefficient (Wildman–Crippen LogP) is 4.75. The zero-order valence-corrected chi connectivity index (χ0v) is 15.5. The fourth-order valence-electron chi connectivity index (χ4n) is 2.79. The number of fused-ring (bicyclic) bond motifs is 1. The topological polar surface area (TPSA) is 34.0 Å². The van der Waals surface area contributed by atoms with E-state index >= 15 is 0 Å². The number of rotatable bonds is 5. The van der Waals surface area contributed by atoms with Gasteiger partial charge in [0, 0.05) is 18.0 Å². The van der Waals surface area contributed by atoms with E-state index in [1.54, 1.807) is 11.3 Å². The number of carbonyl (C=O) groups is 1. The molecule has 0 saturated carbocycles. The minimum Gasteiger partial charge on any atom is -0.351 e. The van der Waals surface area contributed by atoms with Gasteiger partial charge in [0.05, 0.1) is 10.2 Å². The van der Waals surface area contributed by atoms with Gasteiger partial charge < -0.3 is 9.88 Å². The molecule has 3 nitrogen and oxygen atoms in total. The normalized spacial score (nSPS) is 11.4. The molecule has 0 aliphatic heterocycles. The third-order valence-electron chi connectivity index (χ3n) is 4.08. The first kappa shape index (κ1) is 16.8. The number of aryl methyl sites for hydroxylation is 2. The first-order valence-electron chi connectivity index (χ1n) is 8.37. The van der Waals surface area contributed by atoms with Crippen molar-refractivity contribution in [1.82, 2.24) is 9.88 Å². The minimum absolute atomic E-state index is 0.0110. The lowest BCUT2D eigenvalue weighted by Crippen LogP contribution is -2.29. The minimum atomic E-state index is 0.0110. The predicted molar refractivity (Wildman–Crippen MR) is 102 cm³/mol. The van der Waals surface area contributed by atoms with Crippen molar-refractivity contribution in [2.24, 2.45) is 5.92 Å². The molecule has 2 heterocycles. The van der Waals surface area contributed by atoms with Gasteiger partial charge in [0.15, 0.2) is 0 Å². The van der Waals surface area contributed by atoms with E-state index in [9.17, 15) is 4.79 Å². The number of nitrogens with one attached hydrogen (secondary N) is 1. The van der Waals surface area contributed by atoms with Crippen LogP contribution in [-0.2, 0) is 6.54 Å².